The van der Waals surface area contributed by atoms with Crippen LogP contribution in [-0.2, 0) is 6.54 Å². The number of thiazole rings is 1. The summed E-state index contributed by atoms with van der Waals surface area (Å²) in [6.45, 7) is 2.84. The maximum atomic E-state index is 10.9. The number of nitrogens with one attached hydrogen (secondary N) is 2. The Morgan fingerprint density at radius 2 is 2.19 bits per heavy atom. The third-order valence-corrected chi connectivity index (χ3v) is 3.68. The number of aryl methyl sites for hydroxylation is 1. The fraction of sp³-hybridized carbons (Fsp3) is 0.308. The van der Waals surface area contributed by atoms with Crippen LogP contribution in [0, 0.1) is 17.0 Å². The Bertz CT molecular complexity index is 630. The number of non-ortho nitro benzene ring substituents is 1. The first-order valence-electron chi connectivity index (χ1n) is 6.38. The van der Waals surface area contributed by atoms with E-state index in [1.807, 2.05) is 6.92 Å². The zero-order valence-corrected chi connectivity index (χ0v) is 12.3. The van der Waals surface area contributed by atoms with Crippen molar-refractivity contribution in [3.8, 4) is 0 Å². The number of hydrogen-bond donors (Lipinski definition) is 3. The maximum absolute atomic E-state index is 10.9. The number of nitro groups is 1. The van der Waals surface area contributed by atoms with Crippen molar-refractivity contribution in [2.75, 3.05) is 23.8 Å². The summed E-state index contributed by atoms with van der Waals surface area (Å²) in [6, 6.07) is 4.55. The molecule has 0 saturated heterocycles. The summed E-state index contributed by atoms with van der Waals surface area (Å²) in [4.78, 5) is 15.6. The number of hydrogen-bond acceptors (Lipinski definition) is 7. The summed E-state index contributed by atoms with van der Waals surface area (Å²) >= 11 is 1.57. The topological polar surface area (TPSA) is 100 Å². The molecule has 0 aliphatic rings. The largest absolute Gasteiger partial charge is 0.395 e. The van der Waals surface area contributed by atoms with E-state index in [0.29, 0.717) is 18.8 Å². The van der Waals surface area contributed by atoms with E-state index in [1.165, 1.54) is 12.1 Å². The Labute approximate surface area is 125 Å². The number of benzene rings is 1. The van der Waals surface area contributed by atoms with Crippen molar-refractivity contribution in [2.45, 2.75) is 13.5 Å². The molecule has 0 fully saturated rings. The Kier molecular flexibility index (Phi) is 5.07. The highest BCUT2D eigenvalue weighted by Gasteiger charge is 2.11. The van der Waals surface area contributed by atoms with Crippen molar-refractivity contribution < 1.29 is 10.0 Å². The van der Waals surface area contributed by atoms with Crippen LogP contribution >= 0.6 is 11.3 Å². The molecule has 0 bridgehead atoms. The van der Waals surface area contributed by atoms with Gasteiger partial charge in [-0.3, -0.25) is 10.1 Å². The summed E-state index contributed by atoms with van der Waals surface area (Å²) < 4.78 is 0. The van der Waals surface area contributed by atoms with E-state index in [0.717, 1.165) is 15.6 Å². The van der Waals surface area contributed by atoms with E-state index in [9.17, 15) is 10.1 Å². The molecular weight excluding hydrogens is 292 g/mol. The fourth-order valence-corrected chi connectivity index (χ4v) is 2.54. The smallest absolute Gasteiger partial charge is 0.271 e. The molecule has 2 aromatic rings. The SMILES string of the molecule is Cc1ncc(CNc2cc([N+](=O)[O-])ccc2NCCO)s1. The van der Waals surface area contributed by atoms with Crippen LogP contribution < -0.4 is 10.6 Å². The van der Waals surface area contributed by atoms with Gasteiger partial charge in [-0.05, 0) is 13.0 Å². The zero-order chi connectivity index (χ0) is 15.2. The second kappa shape index (κ2) is 7.00. The van der Waals surface area contributed by atoms with Gasteiger partial charge < -0.3 is 15.7 Å². The van der Waals surface area contributed by atoms with E-state index in [-0.39, 0.29) is 12.3 Å². The van der Waals surface area contributed by atoms with Crippen LogP contribution in [0.2, 0.25) is 0 Å². The number of aliphatic hydroxyl groups excluding tert-OH is 1. The lowest BCUT2D eigenvalue weighted by Crippen LogP contribution is -2.09. The number of aromatic nitrogens is 1. The average molecular weight is 308 g/mol. The van der Waals surface area contributed by atoms with E-state index in [4.69, 9.17) is 5.11 Å². The third kappa shape index (κ3) is 4.14. The first-order chi connectivity index (χ1) is 10.1. The van der Waals surface area contributed by atoms with Gasteiger partial charge in [0.1, 0.15) is 0 Å². The van der Waals surface area contributed by atoms with E-state index in [2.05, 4.69) is 15.6 Å². The zero-order valence-electron chi connectivity index (χ0n) is 11.5. The molecule has 2 rings (SSSR count). The monoisotopic (exact) mass is 308 g/mol. The van der Waals surface area contributed by atoms with Crippen LogP contribution in [0.15, 0.2) is 24.4 Å². The second-order valence-corrected chi connectivity index (χ2v) is 5.66. The van der Waals surface area contributed by atoms with E-state index in [1.54, 1.807) is 23.6 Å². The minimum absolute atomic E-state index is 0.00946. The Morgan fingerprint density at radius 1 is 1.38 bits per heavy atom. The van der Waals surface area contributed by atoms with Crippen molar-refractivity contribution >= 4 is 28.4 Å². The minimum Gasteiger partial charge on any atom is -0.395 e. The quantitative estimate of drug-likeness (QED) is 0.536. The van der Waals surface area contributed by atoms with Gasteiger partial charge in [0.15, 0.2) is 0 Å². The van der Waals surface area contributed by atoms with Gasteiger partial charge in [0, 0.05) is 29.8 Å². The first kappa shape index (κ1) is 15.2. The average Bonchev–Trinajstić information content (AvgIpc) is 2.88. The Balaban J connectivity index is 2.16. The first-order valence-corrected chi connectivity index (χ1v) is 7.20. The second-order valence-electron chi connectivity index (χ2n) is 4.34. The van der Waals surface area contributed by atoms with E-state index >= 15 is 0 Å². The normalized spacial score (nSPS) is 10.4. The highest BCUT2D eigenvalue weighted by molar-refractivity contribution is 7.11. The van der Waals surface area contributed by atoms with Gasteiger partial charge in [0.05, 0.1) is 34.5 Å². The molecule has 0 amide bonds. The van der Waals surface area contributed by atoms with Crippen LogP contribution in [0.4, 0.5) is 17.1 Å². The molecule has 3 N–H and O–H groups in total. The lowest BCUT2D eigenvalue weighted by Gasteiger charge is -2.12. The number of anilines is 2. The Morgan fingerprint density at radius 3 is 2.81 bits per heavy atom. The molecule has 0 unspecified atom stereocenters. The lowest BCUT2D eigenvalue weighted by atomic mass is 10.2. The van der Waals surface area contributed by atoms with Gasteiger partial charge in [0.25, 0.3) is 5.69 Å². The van der Waals surface area contributed by atoms with Crippen LogP contribution in [0.5, 0.6) is 0 Å². The van der Waals surface area contributed by atoms with Crippen LogP contribution in [0.3, 0.4) is 0 Å². The molecule has 0 aliphatic carbocycles. The molecule has 0 radical (unpaired) electrons. The number of rotatable bonds is 7. The molecule has 1 aromatic carbocycles. The molecule has 0 atom stereocenters. The molecule has 1 heterocycles. The molecular formula is C13H16N4O3S. The van der Waals surface area contributed by atoms with Crippen molar-refractivity contribution in [3.05, 3.63) is 44.4 Å². The van der Waals surface area contributed by atoms with Crippen molar-refractivity contribution in [1.82, 2.24) is 4.98 Å². The van der Waals surface area contributed by atoms with Crippen LogP contribution in [0.1, 0.15) is 9.88 Å². The van der Waals surface area contributed by atoms with Crippen molar-refractivity contribution in [1.29, 1.82) is 0 Å². The molecule has 7 nitrogen and oxygen atoms in total. The molecule has 112 valence electrons. The number of aliphatic hydroxyl groups is 1. The standard InChI is InChI=1S/C13H16N4O3S/c1-9-15-7-11(21-9)8-16-13-6-10(17(19)20)2-3-12(13)14-4-5-18/h2-3,6-7,14,16,18H,4-5,8H2,1H3. The lowest BCUT2D eigenvalue weighted by molar-refractivity contribution is -0.384. The summed E-state index contributed by atoms with van der Waals surface area (Å²) in [6.07, 6.45) is 1.78. The number of nitro benzene ring substituents is 1. The third-order valence-electron chi connectivity index (χ3n) is 2.76. The number of nitrogens with zero attached hydrogens (tertiary/aromatic N) is 2. The summed E-state index contributed by atoms with van der Waals surface area (Å²) in [5, 5.41) is 26.9. The summed E-state index contributed by atoms with van der Waals surface area (Å²) in [5.41, 5.74) is 1.37. The van der Waals surface area contributed by atoms with Gasteiger partial charge >= 0.3 is 0 Å². The molecule has 1 aromatic heterocycles. The molecule has 21 heavy (non-hydrogen) atoms. The van der Waals surface area contributed by atoms with Crippen LogP contribution in [0.25, 0.3) is 0 Å². The van der Waals surface area contributed by atoms with Crippen molar-refractivity contribution in [3.63, 3.8) is 0 Å². The molecule has 0 aliphatic heterocycles. The van der Waals surface area contributed by atoms with Gasteiger partial charge in [-0.2, -0.15) is 0 Å². The van der Waals surface area contributed by atoms with Gasteiger partial charge in [-0.15, -0.1) is 11.3 Å². The van der Waals surface area contributed by atoms with Gasteiger partial charge in [-0.1, -0.05) is 0 Å². The van der Waals surface area contributed by atoms with Crippen molar-refractivity contribution in [2.24, 2.45) is 0 Å². The molecule has 0 saturated carbocycles. The summed E-state index contributed by atoms with van der Waals surface area (Å²) in [5.74, 6) is 0. The minimum atomic E-state index is -0.433. The highest BCUT2D eigenvalue weighted by atomic mass is 32.1. The van der Waals surface area contributed by atoms with Gasteiger partial charge in [-0.25, -0.2) is 4.98 Å². The highest BCUT2D eigenvalue weighted by Crippen LogP contribution is 2.28. The maximum Gasteiger partial charge on any atom is 0.271 e. The van der Waals surface area contributed by atoms with E-state index < -0.39 is 4.92 Å². The molecule has 0 spiro atoms. The summed E-state index contributed by atoms with van der Waals surface area (Å²) in [7, 11) is 0. The predicted molar refractivity (Wildman–Crippen MR) is 82.8 cm³/mol. The van der Waals surface area contributed by atoms with Gasteiger partial charge in [0.2, 0.25) is 0 Å². The fourth-order valence-electron chi connectivity index (χ4n) is 1.81. The van der Waals surface area contributed by atoms with Crippen LogP contribution in [-0.4, -0.2) is 28.2 Å². The Hall–Kier alpha value is -2.19. The predicted octanol–water partition coefficient (Wildman–Crippen LogP) is 2.38. The molecule has 8 heteroatoms.